The molecule has 10 nitrogen and oxygen atoms in total. The molecule has 0 aromatic rings. The van der Waals surface area contributed by atoms with Gasteiger partial charge in [0.1, 0.15) is 6.04 Å². The summed E-state index contributed by atoms with van der Waals surface area (Å²) in [5.41, 5.74) is 10.3. The van der Waals surface area contributed by atoms with Gasteiger partial charge in [-0.25, -0.2) is 9.98 Å². The van der Waals surface area contributed by atoms with Crippen LogP contribution in [0.15, 0.2) is 9.98 Å². The van der Waals surface area contributed by atoms with Crippen LogP contribution in [0.4, 0.5) is 0 Å². The van der Waals surface area contributed by atoms with Crippen molar-refractivity contribution in [1.29, 1.82) is 0 Å². The zero-order chi connectivity index (χ0) is 15.4. The summed E-state index contributed by atoms with van der Waals surface area (Å²) in [6, 6.07) is -1.19. The molecule has 8 N–H and O–H groups in total. The Balaban J connectivity index is 2.01. The molecule has 116 valence electrons. The summed E-state index contributed by atoms with van der Waals surface area (Å²) < 4.78 is 0. The van der Waals surface area contributed by atoms with Gasteiger partial charge in [0.25, 0.3) is 0 Å². The lowest BCUT2D eigenvalue weighted by Crippen LogP contribution is -2.76. The van der Waals surface area contributed by atoms with E-state index in [1.807, 2.05) is 0 Å². The highest BCUT2D eigenvalue weighted by Crippen LogP contribution is 2.44. The molecule has 1 fully saturated rings. The number of hydrogen-bond donors (Lipinski definition) is 6. The third-order valence-electron chi connectivity index (χ3n) is 4.24. The van der Waals surface area contributed by atoms with Crippen LogP contribution >= 0.6 is 0 Å². The molecule has 1 saturated heterocycles. The molecule has 0 aromatic carbocycles. The number of nitrogens with one attached hydrogen (secondary N) is 2. The van der Waals surface area contributed by atoms with E-state index in [1.165, 1.54) is 6.92 Å². The van der Waals surface area contributed by atoms with Gasteiger partial charge in [-0.2, -0.15) is 0 Å². The Morgan fingerprint density at radius 1 is 1.52 bits per heavy atom. The Morgan fingerprint density at radius 2 is 2.24 bits per heavy atom. The number of guanidine groups is 2. The molecule has 3 rings (SSSR count). The molecule has 0 aromatic heterocycles. The first-order chi connectivity index (χ1) is 9.78. The van der Waals surface area contributed by atoms with Crippen LogP contribution in [0.1, 0.15) is 13.3 Å². The van der Waals surface area contributed by atoms with Crippen molar-refractivity contribution in [3.63, 3.8) is 0 Å². The van der Waals surface area contributed by atoms with E-state index < -0.39 is 23.5 Å². The number of aliphatic imine (C=N–C) groups is 2. The molecular weight excluding hydrogens is 278 g/mol. The number of nitrogens with two attached hydrogens (primary N) is 2. The molecule has 1 spiro atoms. The molecule has 3 aliphatic heterocycles. The van der Waals surface area contributed by atoms with E-state index in [0.717, 1.165) is 0 Å². The molecule has 0 saturated carbocycles. The second kappa shape index (κ2) is 4.21. The number of aliphatic hydroxyl groups is 2. The van der Waals surface area contributed by atoms with Crippen molar-refractivity contribution >= 4 is 17.8 Å². The van der Waals surface area contributed by atoms with Crippen molar-refractivity contribution in [2.24, 2.45) is 21.5 Å². The fourth-order valence-corrected chi connectivity index (χ4v) is 3.34. The summed E-state index contributed by atoms with van der Waals surface area (Å²) in [6.07, 6.45) is 0.0857. The lowest BCUT2D eigenvalue weighted by Gasteiger charge is -2.48. The summed E-state index contributed by atoms with van der Waals surface area (Å²) in [6.45, 7) is 1.90. The lowest BCUT2D eigenvalue weighted by atomic mass is 9.86. The lowest BCUT2D eigenvalue weighted by molar-refractivity contribution is -0.220. The molecule has 3 aliphatic rings. The van der Waals surface area contributed by atoms with Crippen molar-refractivity contribution in [2.75, 3.05) is 13.1 Å². The van der Waals surface area contributed by atoms with Gasteiger partial charge >= 0.3 is 0 Å². The van der Waals surface area contributed by atoms with Gasteiger partial charge in [0.05, 0.1) is 6.04 Å². The Labute approximate surface area is 120 Å². The zero-order valence-electron chi connectivity index (χ0n) is 11.6. The normalized spacial score (nSPS) is 36.2. The van der Waals surface area contributed by atoms with Crippen LogP contribution in [-0.4, -0.2) is 69.6 Å². The number of nitrogens with zero attached hydrogens (tertiary/aromatic N) is 3. The second-order valence-corrected chi connectivity index (χ2v) is 5.56. The minimum absolute atomic E-state index is 0.0857. The SMILES string of the molecule is CC(=O)NC[C@@H]1N=C(N)N2CCC(O)(O)[C@@]23NC(N)=N[C@@H]13. The van der Waals surface area contributed by atoms with Crippen LogP contribution in [0, 0.1) is 0 Å². The number of rotatable bonds is 2. The van der Waals surface area contributed by atoms with Crippen LogP contribution in [0.2, 0.25) is 0 Å². The third kappa shape index (κ3) is 1.75. The maximum absolute atomic E-state index is 11.1. The Hall–Kier alpha value is -2.07. The topological polar surface area (TPSA) is 162 Å². The molecule has 3 heterocycles. The first-order valence-corrected chi connectivity index (χ1v) is 6.69. The van der Waals surface area contributed by atoms with Crippen molar-refractivity contribution in [1.82, 2.24) is 15.5 Å². The summed E-state index contributed by atoms with van der Waals surface area (Å²) in [7, 11) is 0. The van der Waals surface area contributed by atoms with Gasteiger partial charge in [0, 0.05) is 26.4 Å². The zero-order valence-corrected chi connectivity index (χ0v) is 11.6. The van der Waals surface area contributed by atoms with Gasteiger partial charge < -0.3 is 37.2 Å². The first-order valence-electron chi connectivity index (χ1n) is 6.69. The minimum atomic E-state index is -2.06. The summed E-state index contributed by atoms with van der Waals surface area (Å²) in [5, 5.41) is 26.3. The van der Waals surface area contributed by atoms with Crippen molar-refractivity contribution in [2.45, 2.75) is 36.9 Å². The average molecular weight is 297 g/mol. The van der Waals surface area contributed by atoms with E-state index in [-0.39, 0.29) is 30.8 Å². The minimum Gasteiger partial charge on any atom is -0.370 e. The van der Waals surface area contributed by atoms with Gasteiger partial charge in [0.2, 0.25) is 11.7 Å². The van der Waals surface area contributed by atoms with Crippen LogP contribution in [0.3, 0.4) is 0 Å². The Bertz CT molecular complexity index is 546. The van der Waals surface area contributed by atoms with E-state index in [4.69, 9.17) is 11.5 Å². The average Bonchev–Trinajstić information content (AvgIpc) is 2.85. The number of carbonyl (C=O) groups is 1. The number of hydrogen-bond acceptors (Lipinski definition) is 9. The predicted octanol–water partition coefficient (Wildman–Crippen LogP) is -3.81. The van der Waals surface area contributed by atoms with E-state index in [1.54, 1.807) is 4.90 Å². The fraction of sp³-hybridized carbons (Fsp3) is 0.727. The highest BCUT2D eigenvalue weighted by atomic mass is 16.5. The van der Waals surface area contributed by atoms with E-state index >= 15 is 0 Å². The monoisotopic (exact) mass is 297 g/mol. The summed E-state index contributed by atoms with van der Waals surface area (Å²) in [5.74, 6) is -2.01. The van der Waals surface area contributed by atoms with Gasteiger partial charge in [0.15, 0.2) is 17.6 Å². The molecule has 0 aliphatic carbocycles. The fourth-order valence-electron chi connectivity index (χ4n) is 3.34. The van der Waals surface area contributed by atoms with Crippen molar-refractivity contribution < 1.29 is 15.0 Å². The van der Waals surface area contributed by atoms with Crippen molar-refractivity contribution in [3.8, 4) is 0 Å². The Morgan fingerprint density at radius 3 is 2.90 bits per heavy atom. The predicted molar refractivity (Wildman–Crippen MR) is 73.9 cm³/mol. The van der Waals surface area contributed by atoms with Gasteiger partial charge in [-0.3, -0.25) is 4.79 Å². The van der Waals surface area contributed by atoms with Gasteiger partial charge in [-0.15, -0.1) is 0 Å². The first kappa shape index (κ1) is 13.9. The molecule has 0 radical (unpaired) electrons. The largest absolute Gasteiger partial charge is 0.370 e. The highest BCUT2D eigenvalue weighted by molar-refractivity contribution is 5.87. The number of amides is 1. The maximum Gasteiger partial charge on any atom is 0.216 e. The number of carbonyl (C=O) groups excluding carboxylic acids is 1. The highest BCUT2D eigenvalue weighted by Gasteiger charge is 2.69. The maximum atomic E-state index is 11.1. The van der Waals surface area contributed by atoms with E-state index in [9.17, 15) is 15.0 Å². The Kier molecular flexibility index (Phi) is 2.79. The van der Waals surface area contributed by atoms with E-state index in [2.05, 4.69) is 20.6 Å². The molecule has 0 unspecified atom stereocenters. The molecule has 3 atom stereocenters. The van der Waals surface area contributed by atoms with Gasteiger partial charge in [-0.1, -0.05) is 0 Å². The van der Waals surface area contributed by atoms with Crippen LogP contribution in [0.5, 0.6) is 0 Å². The molecule has 0 bridgehead atoms. The van der Waals surface area contributed by atoms with Crippen LogP contribution in [-0.2, 0) is 4.79 Å². The van der Waals surface area contributed by atoms with Crippen molar-refractivity contribution in [3.05, 3.63) is 0 Å². The van der Waals surface area contributed by atoms with E-state index in [0.29, 0.717) is 6.54 Å². The van der Waals surface area contributed by atoms with Crippen LogP contribution in [0.25, 0.3) is 0 Å². The molecule has 1 amide bonds. The third-order valence-corrected chi connectivity index (χ3v) is 4.24. The second-order valence-electron chi connectivity index (χ2n) is 5.56. The summed E-state index contributed by atoms with van der Waals surface area (Å²) in [4.78, 5) is 21.2. The standard InChI is InChI=1S/C11H19N7O3/c1-5(19)14-4-6-7-11(17-8(12)16-7)10(20,21)2-3-18(11)9(13)15-6/h6-7,20-21H,2-4H2,1H3,(H2,13,15)(H,14,19)(H3,12,16,17)/t6-,7-,11-/m0/s1. The smallest absolute Gasteiger partial charge is 0.216 e. The summed E-state index contributed by atoms with van der Waals surface area (Å²) >= 11 is 0. The molecule has 10 heteroatoms. The quantitative estimate of drug-likeness (QED) is 0.285. The molecule has 21 heavy (non-hydrogen) atoms. The van der Waals surface area contributed by atoms with Crippen LogP contribution < -0.4 is 22.1 Å². The van der Waals surface area contributed by atoms with Gasteiger partial charge in [-0.05, 0) is 0 Å². The molecular formula is C11H19N7O3.